The van der Waals surface area contributed by atoms with Crippen molar-refractivity contribution < 1.29 is 19.8 Å². The Hall–Kier alpha value is -1.42. The summed E-state index contributed by atoms with van der Waals surface area (Å²) in [5.74, 6) is -0.764. The summed E-state index contributed by atoms with van der Waals surface area (Å²) in [7, 11) is 0. The van der Waals surface area contributed by atoms with Crippen LogP contribution in [0.4, 0.5) is 0 Å². The number of allylic oxidation sites excluding steroid dienone is 3. The molecule has 1 N–H and O–H groups in total. The van der Waals surface area contributed by atoms with Gasteiger partial charge in [-0.25, -0.2) is 0 Å². The molecule has 0 radical (unpaired) electrons. The zero-order valence-electron chi connectivity index (χ0n) is 14.8. The smallest absolute Gasteiger partial charge is 0.159 e. The number of aliphatic hydroxyl groups is 1. The van der Waals surface area contributed by atoms with E-state index in [1.54, 1.807) is 6.08 Å². The predicted molar refractivity (Wildman–Crippen MR) is 93.1 cm³/mol. The van der Waals surface area contributed by atoms with Crippen LogP contribution in [0.1, 0.15) is 71.1 Å². The topological polar surface area (TPSA) is 77.4 Å². The molecule has 0 amide bonds. The van der Waals surface area contributed by atoms with Gasteiger partial charge in [-0.3, -0.25) is 4.79 Å². The van der Waals surface area contributed by atoms with Gasteiger partial charge >= 0.3 is 0 Å². The Morgan fingerprint density at radius 2 is 2.00 bits per heavy atom. The molecular formula is C20H31O4-. The summed E-state index contributed by atoms with van der Waals surface area (Å²) in [6.45, 7) is 2.14. The monoisotopic (exact) mass is 335 g/mol. The molecule has 1 aliphatic rings. The van der Waals surface area contributed by atoms with Crippen LogP contribution >= 0.6 is 0 Å². The molecule has 24 heavy (non-hydrogen) atoms. The molecule has 0 aromatic heterocycles. The number of carbonyl (C=O) groups excluding carboxylic acids is 2. The van der Waals surface area contributed by atoms with Crippen LogP contribution in [0.5, 0.6) is 0 Å². The van der Waals surface area contributed by atoms with E-state index in [9.17, 15) is 19.8 Å². The minimum absolute atomic E-state index is 0.0229. The third-order valence-electron chi connectivity index (χ3n) is 4.62. The van der Waals surface area contributed by atoms with E-state index < -0.39 is 12.1 Å². The Labute approximate surface area is 145 Å². The van der Waals surface area contributed by atoms with Crippen molar-refractivity contribution in [3.63, 3.8) is 0 Å². The highest BCUT2D eigenvalue weighted by atomic mass is 16.4. The van der Waals surface area contributed by atoms with Gasteiger partial charge in [-0.2, -0.15) is 0 Å². The number of aliphatic carboxylic acids is 1. The highest BCUT2D eigenvalue weighted by Gasteiger charge is 2.27. The summed E-state index contributed by atoms with van der Waals surface area (Å²) >= 11 is 0. The van der Waals surface area contributed by atoms with Gasteiger partial charge in [-0.15, -0.1) is 0 Å². The molecular weight excluding hydrogens is 304 g/mol. The first-order valence-electron chi connectivity index (χ1n) is 9.33. The van der Waals surface area contributed by atoms with Crippen LogP contribution in [0, 0.1) is 11.8 Å². The number of ketones is 1. The van der Waals surface area contributed by atoms with E-state index in [0.29, 0.717) is 6.42 Å². The second kappa shape index (κ2) is 12.0. The number of rotatable bonds is 13. The van der Waals surface area contributed by atoms with Crippen molar-refractivity contribution in [2.24, 2.45) is 11.8 Å². The summed E-state index contributed by atoms with van der Waals surface area (Å²) < 4.78 is 0. The molecule has 3 atom stereocenters. The second-order valence-corrected chi connectivity index (χ2v) is 6.72. The van der Waals surface area contributed by atoms with Crippen LogP contribution in [-0.4, -0.2) is 23.0 Å². The third kappa shape index (κ3) is 8.44. The lowest BCUT2D eigenvalue weighted by molar-refractivity contribution is -0.305. The van der Waals surface area contributed by atoms with Gasteiger partial charge in [0.2, 0.25) is 0 Å². The van der Waals surface area contributed by atoms with E-state index in [0.717, 1.165) is 51.4 Å². The Kier molecular flexibility index (Phi) is 10.3. The lowest BCUT2D eigenvalue weighted by Gasteiger charge is -2.15. The standard InChI is InChI=1S/C20H32O4/c1-2-3-6-9-17(21)14-12-16-13-15-19(22)18(16)10-7-4-5-8-11-20(23)24/h12-18,21H,2-11H2,1H3,(H,23,24)/p-1/b14-12+/t16-,17?,18+/m0/s1. The Morgan fingerprint density at radius 1 is 1.25 bits per heavy atom. The van der Waals surface area contributed by atoms with Crippen LogP contribution in [-0.2, 0) is 9.59 Å². The molecule has 4 nitrogen and oxygen atoms in total. The number of aliphatic hydroxyl groups excluding tert-OH is 1. The van der Waals surface area contributed by atoms with E-state index >= 15 is 0 Å². The van der Waals surface area contributed by atoms with Gasteiger partial charge in [-0.05, 0) is 31.8 Å². The van der Waals surface area contributed by atoms with Crippen LogP contribution < -0.4 is 5.11 Å². The zero-order valence-corrected chi connectivity index (χ0v) is 14.8. The molecule has 136 valence electrons. The highest BCUT2D eigenvalue weighted by Crippen LogP contribution is 2.29. The fraction of sp³-hybridized carbons (Fsp3) is 0.700. The molecule has 1 aliphatic carbocycles. The normalized spacial score (nSPS) is 21.7. The van der Waals surface area contributed by atoms with Gasteiger partial charge in [0.25, 0.3) is 0 Å². The van der Waals surface area contributed by atoms with Crippen molar-refractivity contribution in [3.05, 3.63) is 24.3 Å². The lowest BCUT2D eigenvalue weighted by atomic mass is 9.88. The first-order valence-corrected chi connectivity index (χ1v) is 9.33. The number of hydrogen-bond acceptors (Lipinski definition) is 4. The fourth-order valence-electron chi connectivity index (χ4n) is 3.13. The van der Waals surface area contributed by atoms with Crippen molar-refractivity contribution in [2.45, 2.75) is 77.2 Å². The third-order valence-corrected chi connectivity index (χ3v) is 4.62. The average molecular weight is 335 g/mol. The molecule has 0 aromatic carbocycles. The SMILES string of the molecule is CCCCCC(O)/C=C/[C@H]1C=CC(=O)[C@@H]1CCCCCCC(=O)[O-]. The molecule has 0 bridgehead atoms. The first kappa shape index (κ1) is 20.6. The van der Waals surface area contributed by atoms with E-state index in [4.69, 9.17) is 0 Å². The molecule has 0 saturated heterocycles. The summed E-state index contributed by atoms with van der Waals surface area (Å²) in [4.78, 5) is 22.3. The second-order valence-electron chi connectivity index (χ2n) is 6.72. The molecule has 0 heterocycles. The number of carboxylic acid groups (broad SMARTS) is 1. The van der Waals surface area contributed by atoms with Crippen molar-refractivity contribution in [1.29, 1.82) is 0 Å². The lowest BCUT2D eigenvalue weighted by Crippen LogP contribution is -2.21. The number of unbranched alkanes of at least 4 members (excludes halogenated alkanes) is 5. The Bertz CT molecular complexity index is 439. The van der Waals surface area contributed by atoms with E-state index in [1.165, 1.54) is 0 Å². The van der Waals surface area contributed by atoms with E-state index in [-0.39, 0.29) is 24.0 Å². The molecule has 0 fully saturated rings. The van der Waals surface area contributed by atoms with Crippen LogP contribution in [0.3, 0.4) is 0 Å². The van der Waals surface area contributed by atoms with E-state index in [2.05, 4.69) is 6.92 Å². The predicted octanol–water partition coefficient (Wildman–Crippen LogP) is 2.95. The van der Waals surface area contributed by atoms with Crippen LogP contribution in [0.15, 0.2) is 24.3 Å². The minimum atomic E-state index is -0.993. The van der Waals surface area contributed by atoms with E-state index in [1.807, 2.05) is 18.2 Å². The average Bonchev–Trinajstić information content (AvgIpc) is 2.89. The maximum atomic E-state index is 12.0. The van der Waals surface area contributed by atoms with Gasteiger partial charge in [0, 0.05) is 17.8 Å². The quantitative estimate of drug-likeness (QED) is 0.415. The molecule has 0 saturated carbocycles. The van der Waals surface area contributed by atoms with Crippen molar-refractivity contribution in [3.8, 4) is 0 Å². The summed E-state index contributed by atoms with van der Waals surface area (Å²) in [5, 5.41) is 20.3. The van der Waals surface area contributed by atoms with Gasteiger partial charge in [0.05, 0.1) is 6.10 Å². The minimum Gasteiger partial charge on any atom is -0.550 e. The maximum absolute atomic E-state index is 12.0. The molecule has 0 aromatic rings. The number of carboxylic acids is 1. The molecule has 1 rings (SSSR count). The first-order chi connectivity index (χ1) is 11.5. The van der Waals surface area contributed by atoms with Crippen LogP contribution in [0.25, 0.3) is 0 Å². The summed E-state index contributed by atoms with van der Waals surface area (Å²) in [5.41, 5.74) is 0. The number of hydrogen-bond donors (Lipinski definition) is 1. The highest BCUT2D eigenvalue weighted by molar-refractivity contribution is 5.94. The van der Waals surface area contributed by atoms with Gasteiger partial charge < -0.3 is 15.0 Å². The maximum Gasteiger partial charge on any atom is 0.159 e. The van der Waals surface area contributed by atoms with Crippen molar-refractivity contribution in [2.75, 3.05) is 0 Å². The van der Waals surface area contributed by atoms with Gasteiger partial charge in [0.1, 0.15) is 0 Å². The summed E-state index contributed by atoms with van der Waals surface area (Å²) in [6, 6.07) is 0. The van der Waals surface area contributed by atoms with Crippen LogP contribution in [0.2, 0.25) is 0 Å². The molecule has 0 spiro atoms. The Morgan fingerprint density at radius 3 is 2.71 bits per heavy atom. The van der Waals surface area contributed by atoms with Gasteiger partial charge in [-0.1, -0.05) is 63.7 Å². The molecule has 4 heteroatoms. The molecule has 0 aliphatic heterocycles. The fourth-order valence-corrected chi connectivity index (χ4v) is 3.13. The summed E-state index contributed by atoms with van der Waals surface area (Å²) in [6.07, 6.45) is 15.3. The zero-order chi connectivity index (χ0) is 17.8. The number of carbonyl (C=O) groups is 2. The Balaban J connectivity index is 2.29. The largest absolute Gasteiger partial charge is 0.550 e. The van der Waals surface area contributed by atoms with Gasteiger partial charge in [0.15, 0.2) is 5.78 Å². The molecule has 1 unspecified atom stereocenters. The van der Waals surface area contributed by atoms with Crippen molar-refractivity contribution in [1.82, 2.24) is 0 Å². The van der Waals surface area contributed by atoms with Crippen molar-refractivity contribution >= 4 is 11.8 Å².